The van der Waals surface area contributed by atoms with E-state index in [4.69, 9.17) is 0 Å². The number of rotatable bonds is 3. The predicted molar refractivity (Wildman–Crippen MR) is 58.5 cm³/mol. The SMILES string of the molecule is CNc1nc(OCC(F)(F)F)c2ccsc2n1. The van der Waals surface area contributed by atoms with Crippen LogP contribution in [-0.2, 0) is 0 Å². The zero-order chi connectivity index (χ0) is 12.5. The first-order valence-corrected chi connectivity index (χ1v) is 5.50. The minimum absolute atomic E-state index is 0.0575. The summed E-state index contributed by atoms with van der Waals surface area (Å²) < 4.78 is 40.9. The largest absolute Gasteiger partial charge is 0.467 e. The Morgan fingerprint density at radius 1 is 1.41 bits per heavy atom. The molecule has 0 bridgehead atoms. The maximum absolute atomic E-state index is 12.1. The quantitative estimate of drug-likeness (QED) is 0.924. The monoisotopic (exact) mass is 263 g/mol. The molecule has 8 heteroatoms. The standard InChI is InChI=1S/C9H8F3N3OS/c1-13-8-14-6(16-4-9(10,11)12)5-2-3-17-7(5)15-8/h2-3H,4H2,1H3,(H,13,14,15). The van der Waals surface area contributed by atoms with E-state index < -0.39 is 12.8 Å². The molecule has 0 saturated carbocycles. The fraction of sp³-hybridized carbons (Fsp3) is 0.333. The zero-order valence-electron chi connectivity index (χ0n) is 8.71. The van der Waals surface area contributed by atoms with Crippen LogP contribution in [0.25, 0.3) is 10.2 Å². The van der Waals surface area contributed by atoms with E-state index in [1.165, 1.54) is 11.3 Å². The molecule has 2 heterocycles. The Morgan fingerprint density at radius 2 is 2.18 bits per heavy atom. The number of nitrogens with one attached hydrogen (secondary N) is 1. The number of alkyl halides is 3. The van der Waals surface area contributed by atoms with Gasteiger partial charge in [-0.1, -0.05) is 0 Å². The molecule has 0 unspecified atom stereocenters. The Labute approximate surface area is 98.4 Å². The van der Waals surface area contributed by atoms with E-state index in [9.17, 15) is 13.2 Å². The molecule has 0 aliphatic rings. The van der Waals surface area contributed by atoms with Gasteiger partial charge in [-0.25, -0.2) is 4.98 Å². The molecule has 0 atom stereocenters. The number of ether oxygens (including phenoxy) is 1. The van der Waals surface area contributed by atoms with Crippen LogP contribution in [0.1, 0.15) is 0 Å². The Morgan fingerprint density at radius 3 is 2.82 bits per heavy atom. The Bertz CT molecular complexity index is 526. The van der Waals surface area contributed by atoms with Gasteiger partial charge < -0.3 is 10.1 Å². The van der Waals surface area contributed by atoms with Gasteiger partial charge in [0.15, 0.2) is 6.61 Å². The summed E-state index contributed by atoms with van der Waals surface area (Å²) in [6.07, 6.45) is -4.38. The second-order valence-electron chi connectivity index (χ2n) is 3.15. The van der Waals surface area contributed by atoms with Crippen LogP contribution in [0.4, 0.5) is 19.1 Å². The van der Waals surface area contributed by atoms with E-state index in [0.717, 1.165) is 0 Å². The van der Waals surface area contributed by atoms with E-state index in [-0.39, 0.29) is 11.8 Å². The summed E-state index contributed by atoms with van der Waals surface area (Å²) >= 11 is 1.31. The maximum atomic E-state index is 12.1. The highest BCUT2D eigenvalue weighted by Crippen LogP contribution is 2.29. The third-order valence-electron chi connectivity index (χ3n) is 1.89. The average Bonchev–Trinajstić information content (AvgIpc) is 2.72. The van der Waals surface area contributed by atoms with Gasteiger partial charge in [0.05, 0.1) is 5.39 Å². The fourth-order valence-corrected chi connectivity index (χ4v) is 1.95. The molecule has 4 nitrogen and oxygen atoms in total. The summed E-state index contributed by atoms with van der Waals surface area (Å²) in [6, 6.07) is 1.63. The fourth-order valence-electron chi connectivity index (χ4n) is 1.20. The van der Waals surface area contributed by atoms with Crippen LogP contribution >= 0.6 is 11.3 Å². The summed E-state index contributed by atoms with van der Waals surface area (Å²) in [4.78, 5) is 8.54. The number of halogens is 3. The molecule has 0 aliphatic heterocycles. The number of thiophene rings is 1. The lowest BCUT2D eigenvalue weighted by Crippen LogP contribution is -2.20. The lowest BCUT2D eigenvalue weighted by molar-refractivity contribution is -0.153. The first-order chi connectivity index (χ1) is 7.99. The van der Waals surface area contributed by atoms with E-state index >= 15 is 0 Å². The Hall–Kier alpha value is -1.57. The topological polar surface area (TPSA) is 47.0 Å². The molecule has 0 aromatic carbocycles. The molecule has 0 amide bonds. The van der Waals surface area contributed by atoms with Crippen molar-refractivity contribution in [3.8, 4) is 5.88 Å². The van der Waals surface area contributed by atoms with Crippen LogP contribution in [0.2, 0.25) is 0 Å². The minimum atomic E-state index is -4.38. The van der Waals surface area contributed by atoms with Crippen molar-refractivity contribution < 1.29 is 17.9 Å². The van der Waals surface area contributed by atoms with Gasteiger partial charge in [0.25, 0.3) is 0 Å². The molecular weight excluding hydrogens is 255 g/mol. The van der Waals surface area contributed by atoms with Gasteiger partial charge in [-0.15, -0.1) is 11.3 Å². The summed E-state index contributed by atoms with van der Waals surface area (Å²) in [5.41, 5.74) is 0. The summed E-state index contributed by atoms with van der Waals surface area (Å²) in [5.74, 6) is 0.176. The molecule has 0 saturated heterocycles. The lowest BCUT2D eigenvalue weighted by Gasteiger charge is -2.09. The molecule has 0 aliphatic carbocycles. The Balaban J connectivity index is 2.34. The maximum Gasteiger partial charge on any atom is 0.422 e. The molecule has 1 N–H and O–H groups in total. The first kappa shape index (κ1) is 11.9. The van der Waals surface area contributed by atoms with Crippen molar-refractivity contribution >= 4 is 27.5 Å². The van der Waals surface area contributed by atoms with Crippen LogP contribution in [0.3, 0.4) is 0 Å². The third kappa shape index (κ3) is 2.76. The highest BCUT2D eigenvalue weighted by molar-refractivity contribution is 7.16. The number of nitrogens with zero attached hydrogens (tertiary/aromatic N) is 2. The van der Waals surface area contributed by atoms with Gasteiger partial charge in [0, 0.05) is 7.05 Å². The molecule has 92 valence electrons. The summed E-state index contributed by atoms with van der Waals surface area (Å²) in [6.45, 7) is -1.36. The zero-order valence-corrected chi connectivity index (χ0v) is 9.52. The predicted octanol–water partition coefficient (Wildman–Crippen LogP) is 2.67. The van der Waals surface area contributed by atoms with E-state index in [1.54, 1.807) is 18.5 Å². The van der Waals surface area contributed by atoms with Gasteiger partial charge >= 0.3 is 6.18 Å². The minimum Gasteiger partial charge on any atom is -0.467 e. The van der Waals surface area contributed by atoms with E-state index in [2.05, 4.69) is 20.0 Å². The average molecular weight is 263 g/mol. The summed E-state index contributed by atoms with van der Waals surface area (Å²) in [7, 11) is 1.59. The normalized spacial score (nSPS) is 11.8. The van der Waals surface area contributed by atoms with Crippen molar-refractivity contribution in [2.45, 2.75) is 6.18 Å². The highest BCUT2D eigenvalue weighted by atomic mass is 32.1. The van der Waals surface area contributed by atoms with E-state index in [1.807, 2.05) is 0 Å². The summed E-state index contributed by atoms with van der Waals surface area (Å²) in [5, 5.41) is 4.88. The van der Waals surface area contributed by atoms with Gasteiger partial charge in [-0.05, 0) is 11.4 Å². The number of hydrogen-bond acceptors (Lipinski definition) is 5. The van der Waals surface area contributed by atoms with Gasteiger partial charge in [-0.3, -0.25) is 0 Å². The third-order valence-corrected chi connectivity index (χ3v) is 2.69. The Kier molecular flexibility index (Phi) is 3.05. The van der Waals surface area contributed by atoms with Crippen molar-refractivity contribution in [3.63, 3.8) is 0 Å². The molecule has 0 fully saturated rings. The second kappa shape index (κ2) is 4.36. The van der Waals surface area contributed by atoms with Crippen LogP contribution in [0.15, 0.2) is 11.4 Å². The lowest BCUT2D eigenvalue weighted by atomic mass is 10.4. The molecule has 2 aromatic heterocycles. The molecule has 17 heavy (non-hydrogen) atoms. The number of fused-ring (bicyclic) bond motifs is 1. The molecular formula is C9H8F3N3OS. The van der Waals surface area contributed by atoms with E-state index in [0.29, 0.717) is 10.2 Å². The van der Waals surface area contributed by atoms with Crippen LogP contribution < -0.4 is 10.1 Å². The van der Waals surface area contributed by atoms with Crippen LogP contribution in [0, 0.1) is 0 Å². The second-order valence-corrected chi connectivity index (χ2v) is 4.04. The first-order valence-electron chi connectivity index (χ1n) is 4.62. The van der Waals surface area contributed by atoms with Crippen molar-refractivity contribution in [3.05, 3.63) is 11.4 Å². The molecule has 0 radical (unpaired) electrons. The number of aromatic nitrogens is 2. The molecule has 0 spiro atoms. The van der Waals surface area contributed by atoms with Gasteiger partial charge in [0.1, 0.15) is 4.83 Å². The van der Waals surface area contributed by atoms with Crippen molar-refractivity contribution in [2.75, 3.05) is 19.0 Å². The van der Waals surface area contributed by atoms with Crippen molar-refractivity contribution in [2.24, 2.45) is 0 Å². The van der Waals surface area contributed by atoms with Crippen LogP contribution in [-0.4, -0.2) is 29.8 Å². The van der Waals surface area contributed by atoms with Crippen LogP contribution in [0.5, 0.6) is 5.88 Å². The van der Waals surface area contributed by atoms with Gasteiger partial charge in [-0.2, -0.15) is 18.2 Å². The van der Waals surface area contributed by atoms with Gasteiger partial charge in [0.2, 0.25) is 11.8 Å². The van der Waals surface area contributed by atoms with Crippen molar-refractivity contribution in [1.82, 2.24) is 9.97 Å². The highest BCUT2D eigenvalue weighted by Gasteiger charge is 2.29. The number of hydrogen-bond donors (Lipinski definition) is 1. The smallest absolute Gasteiger partial charge is 0.422 e. The number of anilines is 1. The van der Waals surface area contributed by atoms with Crippen molar-refractivity contribution in [1.29, 1.82) is 0 Å². The molecule has 2 rings (SSSR count). The molecule has 2 aromatic rings.